The van der Waals surface area contributed by atoms with Gasteiger partial charge >= 0.3 is 0 Å². The lowest BCUT2D eigenvalue weighted by molar-refractivity contribution is -0.135. The predicted octanol–water partition coefficient (Wildman–Crippen LogP) is 3.27. The zero-order valence-electron chi connectivity index (χ0n) is 25.5. The Labute approximate surface area is 264 Å². The Morgan fingerprint density at radius 2 is 1.87 bits per heavy atom. The third-order valence-electron chi connectivity index (χ3n) is 7.81. The molecule has 12 nitrogen and oxygen atoms in total. The third-order valence-corrected chi connectivity index (χ3v) is 7.81. The zero-order valence-corrected chi connectivity index (χ0v) is 25.5. The molecule has 46 heavy (non-hydrogen) atoms. The predicted molar refractivity (Wildman–Crippen MR) is 166 cm³/mol. The molecule has 0 radical (unpaired) electrons. The van der Waals surface area contributed by atoms with E-state index in [1.807, 2.05) is 19.9 Å². The quantitative estimate of drug-likeness (QED) is 0.227. The molecular weight excluding hydrogens is 598 g/mol. The van der Waals surface area contributed by atoms with Gasteiger partial charge in [0, 0.05) is 62.0 Å². The number of aromatic nitrogens is 3. The molecule has 0 spiro atoms. The first kappa shape index (κ1) is 32.3. The highest BCUT2D eigenvalue weighted by Crippen LogP contribution is 2.32. The van der Waals surface area contributed by atoms with E-state index in [1.54, 1.807) is 38.6 Å². The highest BCUT2D eigenvalue weighted by atomic mass is 19.2. The molecule has 3 heterocycles. The number of nitriles is 1. The van der Waals surface area contributed by atoms with E-state index in [9.17, 15) is 23.5 Å². The van der Waals surface area contributed by atoms with Gasteiger partial charge < -0.3 is 30.3 Å². The largest absolute Gasteiger partial charge is 0.476 e. The number of fused-ring (bicyclic) bond motifs is 1. The summed E-state index contributed by atoms with van der Waals surface area (Å²) in [6.45, 7) is 5.48. The summed E-state index contributed by atoms with van der Waals surface area (Å²) in [7, 11) is 0. The number of anilines is 2. The zero-order chi connectivity index (χ0) is 32.8. The van der Waals surface area contributed by atoms with Crippen LogP contribution in [0, 0.1) is 29.9 Å². The van der Waals surface area contributed by atoms with Crippen molar-refractivity contribution in [3.63, 3.8) is 0 Å². The van der Waals surface area contributed by atoms with E-state index in [2.05, 4.69) is 20.6 Å². The van der Waals surface area contributed by atoms with Gasteiger partial charge in [0.15, 0.2) is 29.6 Å². The average molecular weight is 633 g/mol. The van der Waals surface area contributed by atoms with E-state index in [0.717, 1.165) is 5.56 Å². The molecule has 5 rings (SSSR count). The molecule has 0 aliphatic carbocycles. The van der Waals surface area contributed by atoms with Gasteiger partial charge in [-0.05, 0) is 55.8 Å². The number of halogens is 2. The number of aryl methyl sites for hydroxylation is 1. The normalized spacial score (nSPS) is 13.8. The molecular formula is C32H34F2N8O4. The number of likely N-dealkylation sites (N-methyl/N-ethyl adjacent to an activating group) is 1. The fraction of sp³-hybridized carbons (Fsp3) is 0.344. The molecule has 1 atom stereocenters. The van der Waals surface area contributed by atoms with Gasteiger partial charge in [-0.3, -0.25) is 14.0 Å². The van der Waals surface area contributed by atoms with Crippen molar-refractivity contribution >= 4 is 29.0 Å². The molecule has 240 valence electrons. The van der Waals surface area contributed by atoms with Crippen LogP contribution in [-0.4, -0.2) is 93.1 Å². The van der Waals surface area contributed by atoms with Crippen LogP contribution in [-0.2, 0) is 4.79 Å². The standard InChI is InChI=1S/C32H34F2N8O4/c1-3-36-24(8-16-43)32(45)41-14-12-40(13-15-41)31(44)22-5-4-21(18-20(22)2)39-29-30-38-19-25(42(30)11-10-37-29)23-6-7-26(46-17-9-35)28(34)27(23)33/h4-7,10-11,18-19,24,36,43H,3,8,12-17H2,1-2H3,(H,37,39)/t24-/m0/s1. The number of hydrogen-bond donors (Lipinski definition) is 3. The number of amides is 2. The van der Waals surface area contributed by atoms with Crippen molar-refractivity contribution in [2.24, 2.45) is 0 Å². The van der Waals surface area contributed by atoms with Crippen molar-refractivity contribution in [3.8, 4) is 23.1 Å². The summed E-state index contributed by atoms with van der Waals surface area (Å²) in [6.07, 6.45) is 4.82. The Morgan fingerprint density at radius 3 is 2.57 bits per heavy atom. The molecule has 2 aromatic carbocycles. The number of imidazole rings is 1. The van der Waals surface area contributed by atoms with Crippen LogP contribution in [0.3, 0.4) is 0 Å². The Hall–Kier alpha value is -5.13. The first-order valence-corrected chi connectivity index (χ1v) is 14.9. The SMILES string of the molecule is CCN[C@@H](CCO)C(=O)N1CCN(C(=O)c2ccc(Nc3nccn4c(-c5ccc(OCC#N)c(F)c5F)cnc34)cc2C)CC1. The summed E-state index contributed by atoms with van der Waals surface area (Å²) in [6, 6.07) is 9.18. The molecule has 0 saturated carbocycles. The summed E-state index contributed by atoms with van der Waals surface area (Å²) in [5, 5.41) is 24.3. The van der Waals surface area contributed by atoms with Crippen LogP contribution in [0.5, 0.6) is 5.75 Å². The van der Waals surface area contributed by atoms with Gasteiger partial charge in [0.05, 0.1) is 17.9 Å². The van der Waals surface area contributed by atoms with E-state index in [0.29, 0.717) is 61.9 Å². The second kappa shape index (κ2) is 14.3. The van der Waals surface area contributed by atoms with Crippen LogP contribution in [0.25, 0.3) is 16.9 Å². The molecule has 0 bridgehead atoms. The maximum atomic E-state index is 15.0. The minimum absolute atomic E-state index is 0.0435. The van der Waals surface area contributed by atoms with Crippen molar-refractivity contribution in [2.75, 3.05) is 51.3 Å². The number of piperazine rings is 1. The molecule has 1 fully saturated rings. The highest BCUT2D eigenvalue weighted by Gasteiger charge is 2.29. The Kier molecular flexibility index (Phi) is 10.0. The monoisotopic (exact) mass is 632 g/mol. The van der Waals surface area contributed by atoms with Crippen LogP contribution in [0.2, 0.25) is 0 Å². The number of aliphatic hydroxyl groups excluding tert-OH is 1. The number of aliphatic hydroxyl groups is 1. The summed E-state index contributed by atoms with van der Waals surface area (Å²) in [5.41, 5.74) is 2.51. The molecule has 2 amide bonds. The number of benzene rings is 2. The molecule has 2 aromatic heterocycles. The Morgan fingerprint density at radius 1 is 1.11 bits per heavy atom. The maximum absolute atomic E-state index is 15.0. The number of rotatable bonds is 11. The van der Waals surface area contributed by atoms with E-state index in [1.165, 1.54) is 24.5 Å². The third kappa shape index (κ3) is 6.60. The Bertz CT molecular complexity index is 1780. The molecule has 14 heteroatoms. The number of carbonyl (C=O) groups is 2. The van der Waals surface area contributed by atoms with Crippen molar-refractivity contribution in [1.82, 2.24) is 29.5 Å². The lowest BCUT2D eigenvalue weighted by Crippen LogP contribution is -2.55. The van der Waals surface area contributed by atoms with Gasteiger partial charge in [0.1, 0.15) is 6.07 Å². The number of ether oxygens (including phenoxy) is 1. The van der Waals surface area contributed by atoms with Crippen LogP contribution in [0.4, 0.5) is 20.3 Å². The van der Waals surface area contributed by atoms with Crippen LogP contribution in [0.1, 0.15) is 29.3 Å². The molecule has 1 aliphatic heterocycles. The van der Waals surface area contributed by atoms with Gasteiger partial charge in [-0.1, -0.05) is 6.92 Å². The molecule has 3 N–H and O–H groups in total. The van der Waals surface area contributed by atoms with Crippen molar-refractivity contribution in [2.45, 2.75) is 26.3 Å². The second-order valence-corrected chi connectivity index (χ2v) is 10.7. The van der Waals surface area contributed by atoms with Gasteiger partial charge in [0.25, 0.3) is 5.91 Å². The van der Waals surface area contributed by atoms with E-state index >= 15 is 0 Å². The number of carbonyl (C=O) groups excluding carboxylic acids is 2. The van der Waals surface area contributed by atoms with Gasteiger partial charge in [-0.2, -0.15) is 9.65 Å². The molecule has 1 saturated heterocycles. The van der Waals surface area contributed by atoms with E-state index in [4.69, 9.17) is 10.00 Å². The number of hydrogen-bond acceptors (Lipinski definition) is 9. The lowest BCUT2D eigenvalue weighted by atomic mass is 10.1. The maximum Gasteiger partial charge on any atom is 0.254 e. The van der Waals surface area contributed by atoms with Crippen molar-refractivity contribution in [3.05, 3.63) is 71.7 Å². The fourth-order valence-electron chi connectivity index (χ4n) is 5.48. The molecule has 1 aliphatic rings. The smallest absolute Gasteiger partial charge is 0.254 e. The minimum atomic E-state index is -1.20. The first-order valence-electron chi connectivity index (χ1n) is 14.9. The van der Waals surface area contributed by atoms with Gasteiger partial charge in [-0.25, -0.2) is 14.4 Å². The Balaban J connectivity index is 1.28. The van der Waals surface area contributed by atoms with Crippen LogP contribution < -0.4 is 15.4 Å². The summed E-state index contributed by atoms with van der Waals surface area (Å²) >= 11 is 0. The number of nitrogens with zero attached hydrogens (tertiary/aromatic N) is 6. The highest BCUT2D eigenvalue weighted by molar-refractivity contribution is 5.96. The van der Waals surface area contributed by atoms with Crippen LogP contribution in [0.15, 0.2) is 48.9 Å². The fourth-order valence-corrected chi connectivity index (χ4v) is 5.48. The van der Waals surface area contributed by atoms with E-state index in [-0.39, 0.29) is 35.4 Å². The van der Waals surface area contributed by atoms with Crippen molar-refractivity contribution < 1.29 is 28.2 Å². The first-order chi connectivity index (χ1) is 22.3. The summed E-state index contributed by atoms with van der Waals surface area (Å²) in [5.74, 6) is -2.54. The minimum Gasteiger partial charge on any atom is -0.476 e. The number of nitrogens with one attached hydrogen (secondary N) is 2. The van der Waals surface area contributed by atoms with Gasteiger partial charge in [0.2, 0.25) is 11.7 Å². The van der Waals surface area contributed by atoms with Crippen LogP contribution >= 0.6 is 0 Å². The molecule has 4 aromatic rings. The summed E-state index contributed by atoms with van der Waals surface area (Å²) in [4.78, 5) is 38.5. The average Bonchev–Trinajstić information content (AvgIpc) is 3.50. The summed E-state index contributed by atoms with van der Waals surface area (Å²) < 4.78 is 36.1. The second-order valence-electron chi connectivity index (χ2n) is 10.7. The van der Waals surface area contributed by atoms with Crippen molar-refractivity contribution in [1.29, 1.82) is 5.26 Å². The van der Waals surface area contributed by atoms with E-state index < -0.39 is 24.3 Å². The van der Waals surface area contributed by atoms with Gasteiger partial charge in [-0.15, -0.1) is 0 Å². The molecule has 0 unspecified atom stereocenters. The topological polar surface area (TPSA) is 148 Å². The lowest BCUT2D eigenvalue weighted by Gasteiger charge is -2.36.